The van der Waals surface area contributed by atoms with E-state index in [-0.39, 0.29) is 18.2 Å². The van der Waals surface area contributed by atoms with Crippen molar-refractivity contribution in [2.45, 2.75) is 69.6 Å². The van der Waals surface area contributed by atoms with Gasteiger partial charge in [-0.25, -0.2) is 4.79 Å². The van der Waals surface area contributed by atoms with E-state index in [1.54, 1.807) is 12.4 Å². The molecular formula is C18H22BrN3O2. The van der Waals surface area contributed by atoms with Crippen LogP contribution in [0.15, 0.2) is 22.9 Å². The lowest BCUT2D eigenvalue weighted by molar-refractivity contribution is 0.00232. The van der Waals surface area contributed by atoms with Gasteiger partial charge in [0.15, 0.2) is 0 Å². The second-order valence-corrected chi connectivity index (χ2v) is 8.68. The van der Waals surface area contributed by atoms with Gasteiger partial charge in [-0.1, -0.05) is 0 Å². The number of carbonyl (C=O) groups is 1. The number of hydrogen-bond donors (Lipinski definition) is 0. The van der Waals surface area contributed by atoms with Crippen molar-refractivity contribution in [3.63, 3.8) is 0 Å². The van der Waals surface area contributed by atoms with E-state index < -0.39 is 11.0 Å². The van der Waals surface area contributed by atoms with Gasteiger partial charge >= 0.3 is 6.09 Å². The average molecular weight is 392 g/mol. The minimum Gasteiger partial charge on any atom is -0.444 e. The lowest BCUT2D eigenvalue weighted by atomic mass is 9.71. The summed E-state index contributed by atoms with van der Waals surface area (Å²) in [5.41, 5.74) is -0.157. The Morgan fingerprint density at radius 2 is 2.00 bits per heavy atom. The van der Waals surface area contributed by atoms with Gasteiger partial charge in [0.1, 0.15) is 5.60 Å². The zero-order valence-electron chi connectivity index (χ0n) is 14.3. The molecule has 2 unspecified atom stereocenters. The second kappa shape index (κ2) is 6.03. The summed E-state index contributed by atoms with van der Waals surface area (Å²) in [4.78, 5) is 18.7. The van der Waals surface area contributed by atoms with Crippen LogP contribution in [-0.4, -0.2) is 33.7 Å². The van der Waals surface area contributed by atoms with E-state index in [1.165, 1.54) is 0 Å². The summed E-state index contributed by atoms with van der Waals surface area (Å²) in [6, 6.07) is 4.61. The normalized spacial score (nSPS) is 29.2. The summed E-state index contributed by atoms with van der Waals surface area (Å²) in [6.45, 7) is 5.64. The fraction of sp³-hybridized carbons (Fsp3) is 0.611. The molecule has 1 aromatic rings. The summed E-state index contributed by atoms with van der Waals surface area (Å²) in [7, 11) is 0. The van der Waals surface area contributed by atoms with Gasteiger partial charge in [-0.05, 0) is 74.0 Å². The molecule has 0 N–H and O–H groups in total. The molecule has 128 valence electrons. The number of hydrogen-bond acceptors (Lipinski definition) is 4. The van der Waals surface area contributed by atoms with Crippen LogP contribution in [0.5, 0.6) is 0 Å². The Labute approximate surface area is 151 Å². The highest BCUT2D eigenvalue weighted by Gasteiger charge is 2.52. The van der Waals surface area contributed by atoms with Gasteiger partial charge in [-0.2, -0.15) is 5.26 Å². The van der Waals surface area contributed by atoms with Crippen LogP contribution in [0.2, 0.25) is 0 Å². The molecule has 0 spiro atoms. The molecule has 0 saturated carbocycles. The number of ether oxygens (including phenoxy) is 1. The smallest absolute Gasteiger partial charge is 0.410 e. The highest BCUT2D eigenvalue weighted by atomic mass is 79.9. The van der Waals surface area contributed by atoms with E-state index in [0.717, 1.165) is 22.9 Å². The number of piperidine rings is 1. The van der Waals surface area contributed by atoms with Gasteiger partial charge in [0.2, 0.25) is 0 Å². The van der Waals surface area contributed by atoms with E-state index in [4.69, 9.17) is 4.74 Å². The van der Waals surface area contributed by atoms with Crippen molar-refractivity contribution in [1.82, 2.24) is 9.88 Å². The van der Waals surface area contributed by atoms with Crippen LogP contribution >= 0.6 is 15.9 Å². The Hall–Kier alpha value is -1.61. The minimum atomic E-state index is -0.582. The Balaban J connectivity index is 1.86. The molecule has 2 fully saturated rings. The van der Waals surface area contributed by atoms with E-state index in [2.05, 4.69) is 27.0 Å². The number of amides is 1. The second-order valence-electron chi connectivity index (χ2n) is 7.77. The molecule has 1 aromatic heterocycles. The van der Waals surface area contributed by atoms with Crippen LogP contribution in [0.25, 0.3) is 0 Å². The predicted molar refractivity (Wildman–Crippen MR) is 93.3 cm³/mol. The maximum absolute atomic E-state index is 12.6. The Morgan fingerprint density at radius 3 is 2.50 bits per heavy atom. The van der Waals surface area contributed by atoms with Crippen LogP contribution in [0, 0.1) is 11.3 Å². The standard InChI is InChI=1S/C18H22BrN3O2/c1-17(2,3)24-16(23)22-14-4-5-15(22)8-18(7-14,11-20)12-6-13(19)10-21-9-12/h6,9-10,14-15H,4-5,7-8H2,1-3H3. The quantitative estimate of drug-likeness (QED) is 0.720. The molecule has 0 radical (unpaired) electrons. The number of pyridine rings is 1. The van der Waals surface area contributed by atoms with Crippen LogP contribution in [0.3, 0.4) is 0 Å². The highest BCUT2D eigenvalue weighted by Crippen LogP contribution is 2.47. The Bertz CT molecular complexity index is 678. The largest absolute Gasteiger partial charge is 0.444 e. The fourth-order valence-corrected chi connectivity index (χ4v) is 4.29. The molecule has 2 aliphatic rings. The monoisotopic (exact) mass is 391 g/mol. The van der Waals surface area contributed by atoms with Gasteiger partial charge in [0.05, 0.1) is 11.5 Å². The van der Waals surface area contributed by atoms with E-state index in [1.807, 2.05) is 31.7 Å². The first kappa shape index (κ1) is 17.2. The SMILES string of the molecule is CC(C)(C)OC(=O)N1C2CCC1CC(C#N)(c1cncc(Br)c1)C2. The summed E-state index contributed by atoms with van der Waals surface area (Å²) in [5, 5.41) is 9.93. The van der Waals surface area contributed by atoms with Crippen molar-refractivity contribution in [2.75, 3.05) is 0 Å². The summed E-state index contributed by atoms with van der Waals surface area (Å²) in [6.07, 6.45) is 6.36. The van der Waals surface area contributed by atoms with Crippen LogP contribution < -0.4 is 0 Å². The van der Waals surface area contributed by atoms with Crippen LogP contribution in [0.4, 0.5) is 4.79 Å². The Kier molecular flexibility index (Phi) is 4.33. The first-order valence-corrected chi connectivity index (χ1v) is 9.07. The number of carbonyl (C=O) groups excluding carboxylic acids is 1. The summed E-state index contributed by atoms with van der Waals surface area (Å²) in [5.74, 6) is 0. The fourth-order valence-electron chi connectivity index (χ4n) is 3.93. The van der Waals surface area contributed by atoms with Crippen molar-refractivity contribution in [2.24, 2.45) is 0 Å². The van der Waals surface area contributed by atoms with Crippen LogP contribution in [0.1, 0.15) is 52.0 Å². The molecule has 0 aliphatic carbocycles. The highest BCUT2D eigenvalue weighted by molar-refractivity contribution is 9.10. The molecule has 24 heavy (non-hydrogen) atoms. The molecule has 2 bridgehead atoms. The molecule has 0 aromatic carbocycles. The first-order valence-electron chi connectivity index (χ1n) is 8.28. The number of nitrogens with zero attached hydrogens (tertiary/aromatic N) is 3. The van der Waals surface area contributed by atoms with Crippen molar-refractivity contribution in [3.05, 3.63) is 28.5 Å². The van der Waals surface area contributed by atoms with E-state index in [9.17, 15) is 10.1 Å². The lowest BCUT2D eigenvalue weighted by Gasteiger charge is -2.43. The maximum atomic E-state index is 12.6. The lowest BCUT2D eigenvalue weighted by Crippen LogP contribution is -2.52. The zero-order chi connectivity index (χ0) is 17.5. The van der Waals surface area contributed by atoms with E-state index in [0.29, 0.717) is 12.8 Å². The van der Waals surface area contributed by atoms with E-state index >= 15 is 0 Å². The molecule has 1 amide bonds. The molecule has 2 saturated heterocycles. The van der Waals surface area contributed by atoms with Crippen molar-refractivity contribution in [1.29, 1.82) is 5.26 Å². The third kappa shape index (κ3) is 3.14. The molecule has 3 rings (SSSR count). The molecule has 2 aliphatic heterocycles. The van der Waals surface area contributed by atoms with Crippen molar-refractivity contribution in [3.8, 4) is 6.07 Å². The maximum Gasteiger partial charge on any atom is 0.410 e. The third-order valence-electron chi connectivity index (χ3n) is 4.86. The topological polar surface area (TPSA) is 66.2 Å². The van der Waals surface area contributed by atoms with Crippen LogP contribution in [-0.2, 0) is 10.2 Å². The molecule has 6 heteroatoms. The van der Waals surface area contributed by atoms with Gasteiger partial charge in [-0.3, -0.25) is 4.98 Å². The van der Waals surface area contributed by atoms with Gasteiger partial charge in [0.25, 0.3) is 0 Å². The first-order chi connectivity index (χ1) is 11.2. The predicted octanol–water partition coefficient (Wildman–Crippen LogP) is 4.17. The molecule has 5 nitrogen and oxygen atoms in total. The number of halogens is 1. The third-order valence-corrected chi connectivity index (χ3v) is 5.30. The average Bonchev–Trinajstić information content (AvgIpc) is 2.77. The number of rotatable bonds is 1. The summed E-state index contributed by atoms with van der Waals surface area (Å²) < 4.78 is 6.44. The zero-order valence-corrected chi connectivity index (χ0v) is 15.8. The summed E-state index contributed by atoms with van der Waals surface area (Å²) >= 11 is 3.44. The van der Waals surface area contributed by atoms with Gasteiger partial charge in [0, 0.05) is 29.0 Å². The molecule has 2 atom stereocenters. The van der Waals surface area contributed by atoms with Crippen molar-refractivity contribution < 1.29 is 9.53 Å². The minimum absolute atomic E-state index is 0.0530. The number of fused-ring (bicyclic) bond motifs is 2. The molecule has 3 heterocycles. The Morgan fingerprint density at radius 1 is 1.38 bits per heavy atom. The number of nitriles is 1. The van der Waals surface area contributed by atoms with Gasteiger partial charge < -0.3 is 9.64 Å². The molecular weight excluding hydrogens is 370 g/mol. The van der Waals surface area contributed by atoms with Gasteiger partial charge in [-0.15, -0.1) is 0 Å². The van der Waals surface area contributed by atoms with Crippen molar-refractivity contribution >= 4 is 22.0 Å². The number of aromatic nitrogens is 1.